The van der Waals surface area contributed by atoms with Crippen molar-refractivity contribution in [3.05, 3.63) is 48.3 Å². The lowest BCUT2D eigenvalue weighted by Crippen LogP contribution is -2.45. The van der Waals surface area contributed by atoms with Crippen LogP contribution in [0.25, 0.3) is 5.69 Å². The Morgan fingerprint density at radius 1 is 1.29 bits per heavy atom. The lowest BCUT2D eigenvalue weighted by molar-refractivity contribution is -0.0260. The molecule has 114 valence electrons. The van der Waals surface area contributed by atoms with Gasteiger partial charge in [0.1, 0.15) is 0 Å². The number of hydrogen-bond donors (Lipinski definition) is 1. The minimum absolute atomic E-state index is 0. The summed E-state index contributed by atoms with van der Waals surface area (Å²) in [5, 5.41) is 4.43. The highest BCUT2D eigenvalue weighted by Crippen LogP contribution is 2.12. The number of benzene rings is 1. The molecule has 3 rings (SSSR count). The van der Waals surface area contributed by atoms with Gasteiger partial charge >= 0.3 is 0 Å². The molecule has 0 radical (unpaired) electrons. The summed E-state index contributed by atoms with van der Waals surface area (Å²) in [5.74, 6) is 0. The Kier molecular flexibility index (Phi) is 5.76. The predicted octanol–water partition coefficient (Wildman–Crippen LogP) is 1.45. The second-order valence-corrected chi connectivity index (χ2v) is 5.09. The fourth-order valence-corrected chi connectivity index (χ4v) is 2.49. The summed E-state index contributed by atoms with van der Waals surface area (Å²) in [6, 6.07) is 10.1. The first kappa shape index (κ1) is 16.0. The molecule has 1 unspecified atom stereocenters. The van der Waals surface area contributed by atoms with Gasteiger partial charge < -0.3 is 10.5 Å². The monoisotopic (exact) mass is 308 g/mol. The molecule has 5 nitrogen and oxygen atoms in total. The molecular formula is C15H21ClN4O. The Hall–Kier alpha value is -1.40. The average Bonchev–Trinajstić information content (AvgIpc) is 2.97. The van der Waals surface area contributed by atoms with Crippen LogP contribution in [0.15, 0.2) is 42.7 Å². The lowest BCUT2D eigenvalue weighted by Gasteiger charge is -2.31. The molecule has 1 fully saturated rings. The Balaban J connectivity index is 0.00000161. The molecule has 2 heterocycles. The molecule has 1 aliphatic heterocycles. The Morgan fingerprint density at radius 3 is 2.86 bits per heavy atom. The molecule has 1 aromatic heterocycles. The zero-order valence-corrected chi connectivity index (χ0v) is 12.7. The molecule has 1 saturated heterocycles. The number of nitrogens with zero attached hydrogens (tertiary/aromatic N) is 3. The first-order valence-corrected chi connectivity index (χ1v) is 6.98. The molecule has 0 amide bonds. The molecule has 0 spiro atoms. The van der Waals surface area contributed by atoms with Crippen molar-refractivity contribution in [2.45, 2.75) is 12.6 Å². The number of para-hydroxylation sites is 1. The van der Waals surface area contributed by atoms with Gasteiger partial charge in [-0.05, 0) is 12.1 Å². The van der Waals surface area contributed by atoms with Gasteiger partial charge in [0.15, 0.2) is 0 Å². The van der Waals surface area contributed by atoms with Crippen LogP contribution >= 0.6 is 12.4 Å². The third kappa shape index (κ3) is 4.04. The first-order chi connectivity index (χ1) is 9.85. The maximum atomic E-state index is 5.67. The van der Waals surface area contributed by atoms with E-state index in [4.69, 9.17) is 10.5 Å². The van der Waals surface area contributed by atoms with Crippen molar-refractivity contribution in [1.82, 2.24) is 14.7 Å². The van der Waals surface area contributed by atoms with Crippen molar-refractivity contribution in [3.8, 4) is 5.69 Å². The quantitative estimate of drug-likeness (QED) is 0.929. The highest BCUT2D eigenvalue weighted by atomic mass is 35.5. The van der Waals surface area contributed by atoms with Crippen LogP contribution in [0.5, 0.6) is 0 Å². The van der Waals surface area contributed by atoms with Gasteiger partial charge in [-0.25, -0.2) is 4.68 Å². The van der Waals surface area contributed by atoms with Crippen molar-refractivity contribution in [2.24, 2.45) is 5.73 Å². The van der Waals surface area contributed by atoms with Gasteiger partial charge in [-0.1, -0.05) is 18.2 Å². The number of morpholine rings is 1. The Morgan fingerprint density at radius 2 is 2.10 bits per heavy atom. The number of nitrogens with two attached hydrogens (primary N) is 1. The molecule has 0 aliphatic carbocycles. The van der Waals surface area contributed by atoms with Crippen LogP contribution in [0.3, 0.4) is 0 Å². The summed E-state index contributed by atoms with van der Waals surface area (Å²) >= 11 is 0. The molecule has 1 atom stereocenters. The maximum Gasteiger partial charge on any atom is 0.0824 e. The third-order valence-corrected chi connectivity index (χ3v) is 3.55. The van der Waals surface area contributed by atoms with E-state index in [0.717, 1.165) is 31.9 Å². The first-order valence-electron chi connectivity index (χ1n) is 6.98. The fourth-order valence-electron chi connectivity index (χ4n) is 2.49. The Bertz CT molecular complexity index is 546. The highest BCUT2D eigenvalue weighted by molar-refractivity contribution is 5.85. The van der Waals surface area contributed by atoms with E-state index < -0.39 is 0 Å². The van der Waals surface area contributed by atoms with Crippen LogP contribution in [0.4, 0.5) is 0 Å². The van der Waals surface area contributed by atoms with E-state index in [-0.39, 0.29) is 18.5 Å². The molecule has 0 bridgehead atoms. The topological polar surface area (TPSA) is 56.3 Å². The van der Waals surface area contributed by atoms with Crippen molar-refractivity contribution < 1.29 is 4.74 Å². The SMILES string of the molecule is Cl.NCC1CN(Cc2cnn(-c3ccccc3)c2)CCO1. The summed E-state index contributed by atoms with van der Waals surface area (Å²) in [5.41, 5.74) is 7.97. The zero-order valence-electron chi connectivity index (χ0n) is 11.9. The van der Waals surface area contributed by atoms with Gasteiger partial charge in [0, 0.05) is 37.9 Å². The number of aromatic nitrogens is 2. The van der Waals surface area contributed by atoms with Crippen LogP contribution in [-0.2, 0) is 11.3 Å². The number of ether oxygens (including phenoxy) is 1. The molecule has 0 saturated carbocycles. The van der Waals surface area contributed by atoms with Gasteiger partial charge in [0.05, 0.1) is 24.6 Å². The van der Waals surface area contributed by atoms with E-state index in [2.05, 4.69) is 28.3 Å². The van der Waals surface area contributed by atoms with Crippen LogP contribution in [0.1, 0.15) is 5.56 Å². The van der Waals surface area contributed by atoms with Gasteiger partial charge in [0.25, 0.3) is 0 Å². The van der Waals surface area contributed by atoms with E-state index in [9.17, 15) is 0 Å². The summed E-state index contributed by atoms with van der Waals surface area (Å²) in [6.45, 7) is 4.08. The second kappa shape index (κ2) is 7.56. The second-order valence-electron chi connectivity index (χ2n) is 5.09. The van der Waals surface area contributed by atoms with Crippen LogP contribution in [0.2, 0.25) is 0 Å². The largest absolute Gasteiger partial charge is 0.374 e. The zero-order chi connectivity index (χ0) is 13.8. The lowest BCUT2D eigenvalue weighted by atomic mass is 10.2. The van der Waals surface area contributed by atoms with E-state index in [1.165, 1.54) is 5.56 Å². The molecule has 6 heteroatoms. The molecule has 21 heavy (non-hydrogen) atoms. The normalized spacial score (nSPS) is 19.2. The molecule has 2 aromatic rings. The number of rotatable bonds is 4. The smallest absolute Gasteiger partial charge is 0.0824 e. The molecular weight excluding hydrogens is 288 g/mol. The summed E-state index contributed by atoms with van der Waals surface area (Å²) in [6.07, 6.45) is 4.18. The summed E-state index contributed by atoms with van der Waals surface area (Å²) in [4.78, 5) is 2.37. The standard InChI is InChI=1S/C15H20N4O.ClH/c16-8-15-12-18(6-7-20-15)10-13-9-17-19(11-13)14-4-2-1-3-5-14;/h1-5,9,11,15H,6-8,10,12,16H2;1H. The summed E-state index contributed by atoms with van der Waals surface area (Å²) < 4.78 is 7.49. The molecule has 1 aromatic carbocycles. The average molecular weight is 309 g/mol. The van der Waals surface area contributed by atoms with Crippen molar-refractivity contribution >= 4 is 12.4 Å². The molecule has 1 aliphatic rings. The maximum absolute atomic E-state index is 5.67. The Labute approximate surface area is 131 Å². The number of halogens is 1. The van der Waals surface area contributed by atoms with Gasteiger partial charge in [-0.15, -0.1) is 12.4 Å². The van der Waals surface area contributed by atoms with E-state index in [1.54, 1.807) is 0 Å². The fraction of sp³-hybridized carbons (Fsp3) is 0.400. The van der Waals surface area contributed by atoms with Crippen LogP contribution < -0.4 is 5.73 Å². The predicted molar refractivity (Wildman–Crippen MR) is 84.9 cm³/mol. The van der Waals surface area contributed by atoms with Crippen molar-refractivity contribution in [2.75, 3.05) is 26.2 Å². The van der Waals surface area contributed by atoms with Crippen LogP contribution in [-0.4, -0.2) is 47.0 Å². The van der Waals surface area contributed by atoms with E-state index >= 15 is 0 Å². The van der Waals surface area contributed by atoms with Gasteiger partial charge in [-0.2, -0.15) is 5.10 Å². The van der Waals surface area contributed by atoms with E-state index in [0.29, 0.717) is 6.54 Å². The number of hydrogen-bond acceptors (Lipinski definition) is 4. The van der Waals surface area contributed by atoms with E-state index in [1.807, 2.05) is 29.1 Å². The summed E-state index contributed by atoms with van der Waals surface area (Å²) in [7, 11) is 0. The molecule has 2 N–H and O–H groups in total. The minimum Gasteiger partial charge on any atom is -0.374 e. The van der Waals surface area contributed by atoms with Crippen molar-refractivity contribution in [1.29, 1.82) is 0 Å². The third-order valence-electron chi connectivity index (χ3n) is 3.55. The van der Waals surface area contributed by atoms with Crippen LogP contribution in [0, 0.1) is 0 Å². The van der Waals surface area contributed by atoms with Gasteiger partial charge in [0.2, 0.25) is 0 Å². The minimum atomic E-state index is 0. The van der Waals surface area contributed by atoms with Gasteiger partial charge in [-0.3, -0.25) is 4.90 Å². The van der Waals surface area contributed by atoms with Crippen molar-refractivity contribution in [3.63, 3.8) is 0 Å². The highest BCUT2D eigenvalue weighted by Gasteiger charge is 2.19.